The van der Waals surface area contributed by atoms with Gasteiger partial charge in [0.2, 0.25) is 5.88 Å². The van der Waals surface area contributed by atoms with Crippen LogP contribution in [-0.2, 0) is 15.9 Å². The topological polar surface area (TPSA) is 89.6 Å². The second-order valence-corrected chi connectivity index (χ2v) is 26.9. The summed E-state index contributed by atoms with van der Waals surface area (Å²) in [6.45, 7) is 23.1. The zero-order valence-electron chi connectivity index (χ0n) is 33.0. The Bertz CT molecular complexity index is 2040. The lowest BCUT2D eigenvalue weighted by Gasteiger charge is -2.44. The largest absolute Gasteiger partial charge is 0.487 e. The maximum atomic E-state index is 14.1. The molecule has 2 aromatic carbocycles. The molecule has 1 unspecified atom stereocenters. The van der Waals surface area contributed by atoms with Crippen LogP contribution in [0.1, 0.15) is 47.5 Å². The Morgan fingerprint density at radius 2 is 1.57 bits per heavy atom. The number of aromatic nitrogens is 4. The lowest BCUT2D eigenvalue weighted by atomic mass is 10.2. The van der Waals surface area contributed by atoms with Gasteiger partial charge in [-0.05, 0) is 81.8 Å². The van der Waals surface area contributed by atoms with Crippen molar-refractivity contribution in [3.05, 3.63) is 112 Å². The van der Waals surface area contributed by atoms with Crippen LogP contribution in [0, 0.1) is 0 Å². The third-order valence-corrected chi connectivity index (χ3v) is 16.7. The number of imidazole rings is 1. The lowest BCUT2D eigenvalue weighted by molar-refractivity contribution is 0.0871. The third-order valence-electron chi connectivity index (χ3n) is 9.28. The molecule has 3 aromatic heterocycles. The van der Waals surface area contributed by atoms with Gasteiger partial charge in [0.05, 0.1) is 11.1 Å². The summed E-state index contributed by atoms with van der Waals surface area (Å²) in [7, 11) is -3.99. The van der Waals surface area contributed by atoms with E-state index in [1.165, 1.54) is 19.5 Å². The fourth-order valence-electron chi connectivity index (χ4n) is 6.55. The number of nitrogens with zero attached hydrogens (tertiary/aromatic N) is 4. The third kappa shape index (κ3) is 9.70. The van der Waals surface area contributed by atoms with E-state index in [2.05, 4.69) is 135 Å². The number of ether oxygens (including phenoxy) is 3. The average molecular weight is 832 g/mol. The van der Waals surface area contributed by atoms with Crippen molar-refractivity contribution in [1.82, 2.24) is 19.1 Å². The minimum absolute atomic E-state index is 0.0228. The first-order valence-electron chi connectivity index (χ1n) is 18.7. The summed E-state index contributed by atoms with van der Waals surface area (Å²) in [6.07, 6.45) is 3.15. The number of hydrogen-bond acceptors (Lipinski definition) is 7. The van der Waals surface area contributed by atoms with Crippen molar-refractivity contribution in [1.29, 1.82) is 0 Å². The molecule has 0 saturated carbocycles. The molecule has 0 aliphatic carbocycles. The SMILES string of the molecule is C=C(C)COc1ccnc2c1n(-c1ccc(Br)c(OCCCC(C)O[Si](c3ccccc3)(c3ccccc3)C(C)(C)C)n1)c(=O)n2COCC[Si](C)(C)C. The number of rotatable bonds is 18. The number of benzene rings is 2. The van der Waals surface area contributed by atoms with E-state index in [-0.39, 0.29) is 23.6 Å². The van der Waals surface area contributed by atoms with Gasteiger partial charge >= 0.3 is 5.69 Å². The molecule has 12 heteroatoms. The second kappa shape index (κ2) is 17.8. The first-order chi connectivity index (χ1) is 25.6. The molecular formula is C42H55BrN4O5Si2. The summed E-state index contributed by atoms with van der Waals surface area (Å²) in [5.41, 5.74) is 1.49. The first-order valence-corrected chi connectivity index (χ1v) is 25.1. The Morgan fingerprint density at radius 3 is 2.17 bits per heavy atom. The van der Waals surface area contributed by atoms with Gasteiger partial charge < -0.3 is 18.6 Å². The van der Waals surface area contributed by atoms with Crippen molar-refractivity contribution >= 4 is 53.9 Å². The van der Waals surface area contributed by atoms with Crippen LogP contribution in [0.3, 0.4) is 0 Å². The molecule has 5 aromatic rings. The van der Waals surface area contributed by atoms with Crippen LogP contribution < -0.4 is 25.5 Å². The van der Waals surface area contributed by atoms with Crippen LogP contribution in [0.2, 0.25) is 30.7 Å². The van der Waals surface area contributed by atoms with Crippen LogP contribution in [0.5, 0.6) is 11.6 Å². The molecule has 9 nitrogen and oxygen atoms in total. The van der Waals surface area contributed by atoms with Crippen LogP contribution >= 0.6 is 15.9 Å². The van der Waals surface area contributed by atoms with E-state index in [0.717, 1.165) is 24.5 Å². The van der Waals surface area contributed by atoms with Crippen LogP contribution in [0.15, 0.2) is 106 Å². The average Bonchev–Trinajstić information content (AvgIpc) is 3.41. The molecule has 0 fully saturated rings. The summed E-state index contributed by atoms with van der Waals surface area (Å²) in [5.74, 6) is 1.28. The van der Waals surface area contributed by atoms with Crippen molar-refractivity contribution in [3.63, 3.8) is 0 Å². The highest BCUT2D eigenvalue weighted by atomic mass is 79.9. The Labute approximate surface area is 330 Å². The number of hydrogen-bond donors (Lipinski definition) is 0. The molecule has 3 heterocycles. The van der Waals surface area contributed by atoms with E-state index in [9.17, 15) is 4.79 Å². The van der Waals surface area contributed by atoms with Gasteiger partial charge in [-0.1, -0.05) is 108 Å². The number of fused-ring (bicyclic) bond motifs is 1. The molecule has 0 N–H and O–H groups in total. The van der Waals surface area contributed by atoms with E-state index in [1.54, 1.807) is 18.3 Å². The van der Waals surface area contributed by atoms with E-state index >= 15 is 0 Å². The monoisotopic (exact) mass is 830 g/mol. The number of halogens is 1. The normalized spacial score (nSPS) is 12.9. The quantitative estimate of drug-likeness (QED) is 0.0496. The smallest absolute Gasteiger partial charge is 0.338 e. The molecule has 1 atom stereocenters. The Hall–Kier alpha value is -3.82. The minimum Gasteiger partial charge on any atom is -0.487 e. The van der Waals surface area contributed by atoms with E-state index in [0.29, 0.717) is 52.9 Å². The summed E-state index contributed by atoms with van der Waals surface area (Å²) >= 11 is 3.62. The van der Waals surface area contributed by atoms with Crippen molar-refractivity contribution < 1.29 is 18.6 Å². The maximum Gasteiger partial charge on any atom is 0.338 e. The van der Waals surface area contributed by atoms with Crippen molar-refractivity contribution in [2.75, 3.05) is 19.8 Å². The van der Waals surface area contributed by atoms with Gasteiger partial charge in [-0.15, -0.1) is 0 Å². The Balaban J connectivity index is 1.37. The Kier molecular flexibility index (Phi) is 13.6. The molecule has 0 spiro atoms. The van der Waals surface area contributed by atoms with E-state index < -0.39 is 16.4 Å². The van der Waals surface area contributed by atoms with Gasteiger partial charge in [-0.3, -0.25) is 4.57 Å². The van der Waals surface area contributed by atoms with Crippen LogP contribution in [0.25, 0.3) is 17.0 Å². The highest BCUT2D eigenvalue weighted by Crippen LogP contribution is 2.38. The molecule has 0 aliphatic rings. The molecule has 288 valence electrons. The zero-order valence-corrected chi connectivity index (χ0v) is 36.6. The van der Waals surface area contributed by atoms with E-state index in [4.69, 9.17) is 23.6 Å². The van der Waals surface area contributed by atoms with Gasteiger partial charge in [0.15, 0.2) is 5.65 Å². The first kappa shape index (κ1) is 41.3. The van der Waals surface area contributed by atoms with Crippen LogP contribution in [0.4, 0.5) is 0 Å². The maximum absolute atomic E-state index is 14.1. The molecule has 0 saturated heterocycles. The second-order valence-electron chi connectivity index (χ2n) is 16.2. The highest BCUT2D eigenvalue weighted by molar-refractivity contribution is 9.10. The fourth-order valence-corrected chi connectivity index (χ4v) is 12.4. The minimum atomic E-state index is -2.68. The van der Waals surface area contributed by atoms with Crippen molar-refractivity contribution in [2.45, 2.75) is 91.0 Å². The molecule has 0 aliphatic heterocycles. The predicted octanol–water partition coefficient (Wildman–Crippen LogP) is 8.74. The lowest BCUT2D eigenvalue weighted by Crippen LogP contribution is -2.67. The zero-order chi connectivity index (χ0) is 39.1. The van der Waals surface area contributed by atoms with Gasteiger partial charge in [-0.2, -0.15) is 4.98 Å². The summed E-state index contributed by atoms with van der Waals surface area (Å²) < 4.78 is 29.5. The highest BCUT2D eigenvalue weighted by Gasteiger charge is 2.50. The summed E-state index contributed by atoms with van der Waals surface area (Å²) in [6, 6.07) is 27.8. The summed E-state index contributed by atoms with van der Waals surface area (Å²) in [4.78, 5) is 23.6. The molecule has 5 rings (SSSR count). The van der Waals surface area contributed by atoms with Crippen molar-refractivity contribution in [2.24, 2.45) is 0 Å². The van der Waals surface area contributed by atoms with Gasteiger partial charge in [0.1, 0.15) is 30.4 Å². The fraction of sp³-hybridized carbons (Fsp3) is 0.405. The van der Waals surface area contributed by atoms with Crippen molar-refractivity contribution in [3.8, 4) is 17.4 Å². The predicted molar refractivity (Wildman–Crippen MR) is 228 cm³/mol. The standard InChI is InChI=1S/C42H55BrN4O5Si2/c1-31(2)29-51-36-24-25-44-39-38(36)47(41(48)46(39)30-49-27-28-53(7,8)9)37-23-22-35(43)40(45-37)50-26-16-17-32(3)52-54(42(4,5)6,33-18-12-10-13-19-33)34-20-14-11-15-21-34/h10-15,18-25,32H,1,16-17,26-30H2,2-9H3. The molecule has 54 heavy (non-hydrogen) atoms. The molecule has 0 bridgehead atoms. The van der Waals surface area contributed by atoms with Gasteiger partial charge in [-0.25, -0.2) is 14.3 Å². The number of pyridine rings is 2. The summed E-state index contributed by atoms with van der Waals surface area (Å²) in [5, 5.41) is 2.41. The van der Waals surface area contributed by atoms with Crippen LogP contribution in [-0.4, -0.2) is 61.4 Å². The van der Waals surface area contributed by atoms with Gasteiger partial charge in [0.25, 0.3) is 8.32 Å². The molecule has 0 radical (unpaired) electrons. The molecule has 0 amide bonds. The Morgan fingerprint density at radius 1 is 0.926 bits per heavy atom. The van der Waals surface area contributed by atoms with E-state index in [1.807, 2.05) is 13.0 Å². The molecular weight excluding hydrogens is 777 g/mol. The van der Waals surface area contributed by atoms with Gasteiger partial charge in [0, 0.05) is 33.0 Å².